The van der Waals surface area contributed by atoms with Gasteiger partial charge in [-0.2, -0.15) is 0 Å². The molecule has 4 nitrogen and oxygen atoms in total. The number of Topliss-reactive ketones (excluding diaryl/α,β-unsaturated/α-hetero) is 2. The van der Waals surface area contributed by atoms with Crippen molar-refractivity contribution in [3.05, 3.63) is 0 Å². The Kier molecular flexibility index (Phi) is 4.32. The molecule has 0 spiro atoms. The van der Waals surface area contributed by atoms with E-state index in [4.69, 9.17) is 5.11 Å². The number of aliphatic hydroxyl groups excluding tert-OH is 1. The highest BCUT2D eigenvalue weighted by atomic mass is 16.3. The Morgan fingerprint density at radius 2 is 1.90 bits per heavy atom. The average molecular weight is 144 g/mol. The van der Waals surface area contributed by atoms with Gasteiger partial charge in [0, 0.05) is 12.8 Å². The molecule has 1 N–H and O–H groups in total. The number of hydrogen-bond donors (Lipinski definition) is 1. The van der Waals surface area contributed by atoms with Crippen LogP contribution in [0.2, 0.25) is 0 Å². The number of aldehydes is 1. The van der Waals surface area contributed by atoms with Crippen LogP contribution in [0, 0.1) is 0 Å². The first kappa shape index (κ1) is 8.97. The molecule has 56 valence electrons. The molecular weight excluding hydrogens is 136 g/mol. The molecule has 0 heterocycles. The zero-order valence-electron chi connectivity index (χ0n) is 5.37. The van der Waals surface area contributed by atoms with E-state index in [0.717, 1.165) is 0 Å². The van der Waals surface area contributed by atoms with Gasteiger partial charge in [0.05, 0.1) is 0 Å². The molecule has 4 heteroatoms. The second-order valence-electron chi connectivity index (χ2n) is 1.78. The number of rotatable bonds is 5. The third-order valence-electron chi connectivity index (χ3n) is 0.958. The van der Waals surface area contributed by atoms with Gasteiger partial charge in [0.2, 0.25) is 0 Å². The van der Waals surface area contributed by atoms with E-state index in [0.29, 0.717) is 0 Å². The number of hydrogen-bond acceptors (Lipinski definition) is 4. The van der Waals surface area contributed by atoms with Gasteiger partial charge in [-0.05, 0) is 0 Å². The van der Waals surface area contributed by atoms with Gasteiger partial charge < -0.3 is 5.11 Å². The summed E-state index contributed by atoms with van der Waals surface area (Å²) in [6.45, 7) is -0.563. The van der Waals surface area contributed by atoms with Gasteiger partial charge in [-0.3, -0.25) is 14.4 Å². The lowest BCUT2D eigenvalue weighted by Crippen LogP contribution is -2.07. The maximum absolute atomic E-state index is 10.3. The first-order chi connectivity index (χ1) is 4.70. The maximum Gasteiger partial charge on any atom is 0.195 e. The van der Waals surface area contributed by atoms with Crippen molar-refractivity contribution in [3.63, 3.8) is 0 Å². The van der Waals surface area contributed by atoms with E-state index >= 15 is 0 Å². The van der Waals surface area contributed by atoms with E-state index < -0.39 is 18.2 Å². The smallest absolute Gasteiger partial charge is 0.195 e. The predicted octanol–water partition coefficient (Wildman–Crippen LogP) is -0.904. The highest BCUT2D eigenvalue weighted by Crippen LogP contribution is 1.89. The minimum absolute atomic E-state index is 0.0475. The van der Waals surface area contributed by atoms with Gasteiger partial charge in [0.25, 0.3) is 0 Å². The monoisotopic (exact) mass is 144 g/mol. The molecule has 0 radical (unpaired) electrons. The normalized spacial score (nSPS) is 8.90. The van der Waals surface area contributed by atoms with Gasteiger partial charge in [0.15, 0.2) is 17.9 Å². The highest BCUT2D eigenvalue weighted by Gasteiger charge is 2.03. The van der Waals surface area contributed by atoms with Gasteiger partial charge in [0.1, 0.15) is 6.61 Å². The quantitative estimate of drug-likeness (QED) is 0.400. The third-order valence-corrected chi connectivity index (χ3v) is 0.958. The molecule has 0 saturated carbocycles. The Labute approximate surface area is 57.8 Å². The average Bonchev–Trinajstić information content (AvgIpc) is 1.99. The summed E-state index contributed by atoms with van der Waals surface area (Å²) >= 11 is 0. The third kappa shape index (κ3) is 3.91. The molecule has 0 fully saturated rings. The fraction of sp³-hybridized carbons (Fsp3) is 0.500. The first-order valence-electron chi connectivity index (χ1n) is 2.81. The minimum atomic E-state index is -0.609. The van der Waals surface area contributed by atoms with Crippen LogP contribution in [0.15, 0.2) is 0 Å². The summed E-state index contributed by atoms with van der Waals surface area (Å²) in [7, 11) is 0. The van der Waals surface area contributed by atoms with Crippen LogP contribution in [0.25, 0.3) is 0 Å². The summed E-state index contributed by atoms with van der Waals surface area (Å²) in [6, 6.07) is 0. The van der Waals surface area contributed by atoms with Crippen molar-refractivity contribution in [2.75, 3.05) is 6.61 Å². The van der Waals surface area contributed by atoms with Crippen molar-refractivity contribution < 1.29 is 19.5 Å². The van der Waals surface area contributed by atoms with Gasteiger partial charge in [-0.25, -0.2) is 0 Å². The molecule has 0 aromatic rings. The molecule has 0 bridgehead atoms. The van der Waals surface area contributed by atoms with Crippen LogP contribution >= 0.6 is 0 Å². The summed E-state index contributed by atoms with van der Waals surface area (Å²) in [5, 5.41) is 8.17. The molecule has 0 aromatic heterocycles. The Morgan fingerprint density at radius 3 is 2.30 bits per heavy atom. The van der Waals surface area contributed by atoms with Gasteiger partial charge in [-0.15, -0.1) is 0 Å². The van der Waals surface area contributed by atoms with E-state index in [2.05, 4.69) is 0 Å². The molecule has 0 atom stereocenters. The van der Waals surface area contributed by atoms with Crippen molar-refractivity contribution in [2.45, 2.75) is 12.8 Å². The van der Waals surface area contributed by atoms with Crippen molar-refractivity contribution in [2.24, 2.45) is 0 Å². The minimum Gasteiger partial charge on any atom is -0.389 e. The lowest BCUT2D eigenvalue weighted by molar-refractivity contribution is -0.131. The van der Waals surface area contributed by atoms with Crippen molar-refractivity contribution in [3.8, 4) is 0 Å². The van der Waals surface area contributed by atoms with Gasteiger partial charge in [-0.1, -0.05) is 0 Å². The van der Waals surface area contributed by atoms with E-state index in [1.807, 2.05) is 0 Å². The molecule has 10 heavy (non-hydrogen) atoms. The maximum atomic E-state index is 10.3. The largest absolute Gasteiger partial charge is 0.389 e. The number of carbonyl (C=O) groups excluding carboxylic acids is 3. The van der Waals surface area contributed by atoms with Crippen molar-refractivity contribution in [1.82, 2.24) is 0 Å². The summed E-state index contributed by atoms with van der Waals surface area (Å²) in [5.41, 5.74) is 0. The Morgan fingerprint density at radius 1 is 1.30 bits per heavy atom. The van der Waals surface area contributed by atoms with E-state index in [-0.39, 0.29) is 19.1 Å². The van der Waals surface area contributed by atoms with Crippen LogP contribution in [0.3, 0.4) is 0 Å². The number of carbonyl (C=O) groups is 3. The standard InChI is InChI=1S/C6H8O4/c7-3-5(9)1-2-6(10)4-8/h3,8H,1-2,4H2. The zero-order valence-corrected chi connectivity index (χ0v) is 5.37. The van der Waals surface area contributed by atoms with E-state index in [1.165, 1.54) is 0 Å². The molecule has 0 aliphatic carbocycles. The van der Waals surface area contributed by atoms with Crippen LogP contribution < -0.4 is 0 Å². The van der Waals surface area contributed by atoms with Crippen LogP contribution in [0.5, 0.6) is 0 Å². The summed E-state index contributed by atoms with van der Waals surface area (Å²) < 4.78 is 0. The van der Waals surface area contributed by atoms with Gasteiger partial charge >= 0.3 is 0 Å². The SMILES string of the molecule is O=CC(=O)CCC(=O)CO. The zero-order chi connectivity index (χ0) is 7.98. The predicted molar refractivity (Wildman–Crippen MR) is 32.4 cm³/mol. The number of aliphatic hydroxyl groups is 1. The second-order valence-corrected chi connectivity index (χ2v) is 1.78. The second kappa shape index (κ2) is 4.81. The molecule has 0 aromatic carbocycles. The number of ketones is 2. The molecule has 0 amide bonds. The van der Waals surface area contributed by atoms with Crippen molar-refractivity contribution in [1.29, 1.82) is 0 Å². The molecule has 0 aliphatic rings. The van der Waals surface area contributed by atoms with E-state index in [9.17, 15) is 14.4 Å². The molecule has 0 saturated heterocycles. The fourth-order valence-corrected chi connectivity index (χ4v) is 0.401. The van der Waals surface area contributed by atoms with Crippen molar-refractivity contribution >= 4 is 17.9 Å². The summed E-state index contributed by atoms with van der Waals surface area (Å²) in [4.78, 5) is 30.2. The van der Waals surface area contributed by atoms with Crippen LogP contribution in [0.4, 0.5) is 0 Å². The topological polar surface area (TPSA) is 71.4 Å². The Hall–Kier alpha value is -1.03. The molecule has 0 unspecified atom stereocenters. The van der Waals surface area contributed by atoms with Crippen LogP contribution in [-0.2, 0) is 14.4 Å². The Balaban J connectivity index is 3.44. The Bertz CT molecular complexity index is 150. The molecule has 0 rings (SSSR count). The summed E-state index contributed by atoms with van der Waals surface area (Å²) in [5.74, 6) is -1.03. The molecular formula is C6H8O4. The lowest BCUT2D eigenvalue weighted by atomic mass is 10.2. The van der Waals surface area contributed by atoms with Crippen LogP contribution in [0.1, 0.15) is 12.8 Å². The molecule has 0 aliphatic heterocycles. The van der Waals surface area contributed by atoms with E-state index in [1.54, 1.807) is 0 Å². The lowest BCUT2D eigenvalue weighted by Gasteiger charge is -1.90. The first-order valence-corrected chi connectivity index (χ1v) is 2.81. The van der Waals surface area contributed by atoms with Crippen LogP contribution in [-0.4, -0.2) is 29.6 Å². The fourth-order valence-electron chi connectivity index (χ4n) is 0.401. The highest BCUT2D eigenvalue weighted by molar-refractivity contribution is 6.25. The summed E-state index contributed by atoms with van der Waals surface area (Å²) in [6.07, 6.45) is 0.0294.